The Labute approximate surface area is 101 Å². The van der Waals surface area contributed by atoms with E-state index in [1.807, 2.05) is 6.92 Å². The molecule has 0 saturated carbocycles. The van der Waals surface area contributed by atoms with Crippen LogP contribution >= 0.6 is 0 Å². The Hall–Kier alpha value is -1.65. The van der Waals surface area contributed by atoms with Crippen molar-refractivity contribution in [2.45, 2.75) is 39.2 Å². The second-order valence-corrected chi connectivity index (χ2v) is 3.92. The van der Waals surface area contributed by atoms with Crippen molar-refractivity contribution in [1.29, 1.82) is 0 Å². The summed E-state index contributed by atoms with van der Waals surface area (Å²) in [5, 5.41) is 6.53. The third-order valence-electron chi connectivity index (χ3n) is 2.78. The SMILES string of the molecule is CCCC(CC)n1nccc(C(=O)NC)c1=O. The Bertz CT molecular complexity index is 440. The maximum Gasteiger partial charge on any atom is 0.279 e. The number of hydrogen-bond acceptors (Lipinski definition) is 3. The maximum absolute atomic E-state index is 12.1. The molecule has 0 aromatic carbocycles. The molecule has 1 aromatic heterocycles. The molecule has 0 aliphatic rings. The first-order valence-corrected chi connectivity index (χ1v) is 5.95. The third kappa shape index (κ3) is 2.93. The predicted molar refractivity (Wildman–Crippen MR) is 66.1 cm³/mol. The number of aromatic nitrogens is 2. The molecular weight excluding hydrogens is 218 g/mol. The summed E-state index contributed by atoms with van der Waals surface area (Å²) in [7, 11) is 1.51. The van der Waals surface area contributed by atoms with E-state index in [0.717, 1.165) is 19.3 Å². The zero-order valence-corrected chi connectivity index (χ0v) is 10.6. The summed E-state index contributed by atoms with van der Waals surface area (Å²) >= 11 is 0. The molecular formula is C12H19N3O2. The van der Waals surface area contributed by atoms with Crippen LogP contribution in [-0.2, 0) is 0 Å². The smallest absolute Gasteiger partial charge is 0.279 e. The molecule has 5 nitrogen and oxygen atoms in total. The van der Waals surface area contributed by atoms with E-state index < -0.39 is 0 Å². The fourth-order valence-corrected chi connectivity index (χ4v) is 1.83. The van der Waals surface area contributed by atoms with Gasteiger partial charge in [-0.05, 0) is 18.9 Å². The van der Waals surface area contributed by atoms with E-state index in [0.29, 0.717) is 0 Å². The first kappa shape index (κ1) is 13.4. The van der Waals surface area contributed by atoms with Crippen LogP contribution in [-0.4, -0.2) is 22.7 Å². The zero-order chi connectivity index (χ0) is 12.8. The lowest BCUT2D eigenvalue weighted by Gasteiger charge is -2.16. The van der Waals surface area contributed by atoms with Gasteiger partial charge in [0.05, 0.1) is 6.04 Å². The fourth-order valence-electron chi connectivity index (χ4n) is 1.83. The Morgan fingerprint density at radius 2 is 2.24 bits per heavy atom. The normalized spacial score (nSPS) is 12.2. The minimum Gasteiger partial charge on any atom is -0.355 e. The number of rotatable bonds is 5. The van der Waals surface area contributed by atoms with Crippen LogP contribution in [0.1, 0.15) is 49.5 Å². The van der Waals surface area contributed by atoms with Gasteiger partial charge < -0.3 is 5.32 Å². The van der Waals surface area contributed by atoms with E-state index in [9.17, 15) is 9.59 Å². The van der Waals surface area contributed by atoms with Crippen LogP contribution in [0.15, 0.2) is 17.1 Å². The van der Waals surface area contributed by atoms with Crippen molar-refractivity contribution in [3.05, 3.63) is 28.2 Å². The Morgan fingerprint density at radius 3 is 2.76 bits per heavy atom. The van der Waals surface area contributed by atoms with E-state index >= 15 is 0 Å². The highest BCUT2D eigenvalue weighted by Crippen LogP contribution is 2.14. The van der Waals surface area contributed by atoms with Gasteiger partial charge in [-0.15, -0.1) is 0 Å². The van der Waals surface area contributed by atoms with Crippen LogP contribution in [0.25, 0.3) is 0 Å². The van der Waals surface area contributed by atoms with Crippen molar-refractivity contribution in [3.8, 4) is 0 Å². The standard InChI is InChI=1S/C12H19N3O2/c1-4-6-9(5-2)15-12(17)10(7-8-14-15)11(16)13-3/h7-9H,4-6H2,1-3H3,(H,13,16). The summed E-state index contributed by atoms with van der Waals surface area (Å²) in [5.74, 6) is -0.363. The highest BCUT2D eigenvalue weighted by molar-refractivity contribution is 5.93. The predicted octanol–water partition coefficient (Wildman–Crippen LogP) is 1.35. The maximum atomic E-state index is 12.1. The first-order chi connectivity index (χ1) is 8.15. The highest BCUT2D eigenvalue weighted by Gasteiger charge is 2.16. The Balaban J connectivity index is 3.17. The van der Waals surface area contributed by atoms with Crippen LogP contribution in [0.2, 0.25) is 0 Å². The van der Waals surface area contributed by atoms with Crippen LogP contribution < -0.4 is 10.9 Å². The van der Waals surface area contributed by atoms with Crippen molar-refractivity contribution in [2.24, 2.45) is 0 Å². The summed E-state index contributed by atoms with van der Waals surface area (Å²) in [6.45, 7) is 4.08. The molecule has 0 spiro atoms. The molecule has 1 aromatic rings. The first-order valence-electron chi connectivity index (χ1n) is 5.95. The molecule has 5 heteroatoms. The molecule has 0 bridgehead atoms. The van der Waals surface area contributed by atoms with Gasteiger partial charge in [-0.3, -0.25) is 9.59 Å². The molecule has 94 valence electrons. The van der Waals surface area contributed by atoms with E-state index in [1.165, 1.54) is 24.0 Å². The average Bonchev–Trinajstić information content (AvgIpc) is 2.36. The van der Waals surface area contributed by atoms with E-state index in [4.69, 9.17) is 0 Å². The average molecular weight is 237 g/mol. The van der Waals surface area contributed by atoms with Crippen LogP contribution in [0.5, 0.6) is 0 Å². The topological polar surface area (TPSA) is 64.0 Å². The van der Waals surface area contributed by atoms with E-state index in [1.54, 1.807) is 0 Å². The van der Waals surface area contributed by atoms with Crippen LogP contribution in [0.4, 0.5) is 0 Å². The lowest BCUT2D eigenvalue weighted by atomic mass is 10.1. The Kier molecular flexibility index (Phi) is 4.87. The van der Waals surface area contributed by atoms with Gasteiger partial charge in [0, 0.05) is 13.2 Å². The van der Waals surface area contributed by atoms with Gasteiger partial charge in [-0.2, -0.15) is 5.10 Å². The molecule has 1 unspecified atom stereocenters. The van der Waals surface area contributed by atoms with Gasteiger partial charge >= 0.3 is 0 Å². The molecule has 17 heavy (non-hydrogen) atoms. The minimum absolute atomic E-state index is 0.0668. The second-order valence-electron chi connectivity index (χ2n) is 3.92. The van der Waals surface area contributed by atoms with Gasteiger partial charge in [-0.25, -0.2) is 4.68 Å². The van der Waals surface area contributed by atoms with Crippen LogP contribution in [0.3, 0.4) is 0 Å². The second kappa shape index (κ2) is 6.18. The molecule has 1 atom stereocenters. The number of nitrogens with zero attached hydrogens (tertiary/aromatic N) is 2. The highest BCUT2D eigenvalue weighted by atomic mass is 16.2. The number of carbonyl (C=O) groups is 1. The quantitative estimate of drug-likeness (QED) is 0.840. The summed E-state index contributed by atoms with van der Waals surface area (Å²) in [4.78, 5) is 23.6. The lowest BCUT2D eigenvalue weighted by molar-refractivity contribution is 0.0960. The van der Waals surface area contributed by atoms with Crippen molar-refractivity contribution in [3.63, 3.8) is 0 Å². The van der Waals surface area contributed by atoms with Gasteiger partial charge in [0.15, 0.2) is 0 Å². The minimum atomic E-state index is -0.363. The molecule has 1 amide bonds. The van der Waals surface area contributed by atoms with Crippen molar-refractivity contribution in [2.75, 3.05) is 7.05 Å². The molecule has 0 aliphatic carbocycles. The fraction of sp³-hybridized carbons (Fsp3) is 0.583. The van der Waals surface area contributed by atoms with Gasteiger partial charge in [0.2, 0.25) is 0 Å². The number of hydrogen-bond donors (Lipinski definition) is 1. The Morgan fingerprint density at radius 1 is 1.53 bits per heavy atom. The third-order valence-corrected chi connectivity index (χ3v) is 2.78. The van der Waals surface area contributed by atoms with Gasteiger partial charge in [-0.1, -0.05) is 20.3 Å². The molecule has 1 rings (SSSR count). The van der Waals surface area contributed by atoms with Crippen LogP contribution in [0, 0.1) is 0 Å². The largest absolute Gasteiger partial charge is 0.355 e. The monoisotopic (exact) mass is 237 g/mol. The van der Waals surface area contributed by atoms with Crippen molar-refractivity contribution in [1.82, 2.24) is 15.1 Å². The molecule has 0 aliphatic heterocycles. The number of carbonyl (C=O) groups excluding carboxylic acids is 1. The molecule has 0 saturated heterocycles. The summed E-state index contributed by atoms with van der Waals surface area (Å²) in [6.07, 6.45) is 4.21. The van der Waals surface area contributed by atoms with E-state index in [-0.39, 0.29) is 23.1 Å². The van der Waals surface area contributed by atoms with Crippen molar-refractivity contribution >= 4 is 5.91 Å². The molecule has 1 N–H and O–H groups in total. The van der Waals surface area contributed by atoms with E-state index in [2.05, 4.69) is 17.3 Å². The molecule has 1 heterocycles. The molecule has 0 radical (unpaired) electrons. The lowest BCUT2D eigenvalue weighted by Crippen LogP contribution is -2.34. The van der Waals surface area contributed by atoms with Gasteiger partial charge in [0.1, 0.15) is 5.56 Å². The van der Waals surface area contributed by atoms with Crippen molar-refractivity contribution < 1.29 is 4.79 Å². The zero-order valence-electron chi connectivity index (χ0n) is 10.6. The molecule has 0 fully saturated rings. The number of amides is 1. The van der Waals surface area contributed by atoms with Gasteiger partial charge in [0.25, 0.3) is 11.5 Å². The summed E-state index contributed by atoms with van der Waals surface area (Å²) in [6, 6.07) is 1.52. The summed E-state index contributed by atoms with van der Waals surface area (Å²) in [5.41, 5.74) is -0.163. The number of nitrogens with one attached hydrogen (secondary N) is 1. The summed E-state index contributed by atoms with van der Waals surface area (Å²) < 4.78 is 1.42.